The third-order valence-electron chi connectivity index (χ3n) is 2.83. The van der Waals surface area contributed by atoms with Gasteiger partial charge in [-0.05, 0) is 38.1 Å². The van der Waals surface area contributed by atoms with Crippen LogP contribution in [0.3, 0.4) is 0 Å². The van der Waals surface area contributed by atoms with Crippen LogP contribution >= 0.6 is 24.0 Å². The lowest BCUT2D eigenvalue weighted by molar-refractivity contribution is 0.0937. The van der Waals surface area contributed by atoms with E-state index < -0.39 is 0 Å². The molecule has 0 fully saturated rings. The Hall–Kier alpha value is -1.26. The maximum Gasteiger partial charge on any atom is 0.252 e. The molecule has 19 heavy (non-hydrogen) atoms. The van der Waals surface area contributed by atoms with Crippen LogP contribution < -0.4 is 5.32 Å². The summed E-state index contributed by atoms with van der Waals surface area (Å²) in [6.07, 6.45) is 0.860. The van der Waals surface area contributed by atoms with E-state index in [4.69, 9.17) is 0 Å². The Morgan fingerprint density at radius 2 is 2.05 bits per heavy atom. The molecule has 0 saturated heterocycles. The summed E-state index contributed by atoms with van der Waals surface area (Å²) in [6, 6.07) is 11.7. The van der Waals surface area contributed by atoms with E-state index in [1.54, 1.807) is 17.4 Å². The lowest BCUT2D eigenvalue weighted by atomic mass is 10.1. The average molecular weight is 291 g/mol. The SMILES string of the molecule is Cc1ccc(CC(C)NC(=O)c2ccccc2S)s1. The first kappa shape index (κ1) is 14.2. The van der Waals surface area contributed by atoms with Gasteiger partial charge in [0, 0.05) is 27.1 Å². The van der Waals surface area contributed by atoms with E-state index in [1.807, 2.05) is 25.1 Å². The molecule has 1 aromatic heterocycles. The summed E-state index contributed by atoms with van der Waals surface area (Å²) in [4.78, 5) is 15.4. The Morgan fingerprint density at radius 1 is 1.32 bits per heavy atom. The van der Waals surface area contributed by atoms with Crippen LogP contribution in [0.15, 0.2) is 41.3 Å². The van der Waals surface area contributed by atoms with Gasteiger partial charge in [-0.3, -0.25) is 4.79 Å². The van der Waals surface area contributed by atoms with Gasteiger partial charge >= 0.3 is 0 Å². The molecular formula is C15H17NOS2. The molecule has 0 spiro atoms. The molecule has 0 aliphatic rings. The number of carbonyl (C=O) groups is 1. The molecular weight excluding hydrogens is 274 g/mol. The van der Waals surface area contributed by atoms with Gasteiger partial charge in [0.2, 0.25) is 0 Å². The molecule has 4 heteroatoms. The molecule has 1 atom stereocenters. The van der Waals surface area contributed by atoms with Gasteiger partial charge in [-0.25, -0.2) is 0 Å². The van der Waals surface area contributed by atoms with Crippen molar-refractivity contribution in [3.05, 3.63) is 51.7 Å². The molecule has 100 valence electrons. The van der Waals surface area contributed by atoms with Crippen molar-refractivity contribution >= 4 is 29.9 Å². The van der Waals surface area contributed by atoms with Crippen LogP contribution in [0.1, 0.15) is 27.0 Å². The smallest absolute Gasteiger partial charge is 0.252 e. The van der Waals surface area contributed by atoms with Crippen LogP contribution in [0, 0.1) is 6.92 Å². The molecule has 0 bridgehead atoms. The van der Waals surface area contributed by atoms with Crippen molar-refractivity contribution in [1.29, 1.82) is 0 Å². The Labute approximate surface area is 123 Å². The second-order valence-corrected chi connectivity index (χ2v) is 6.46. The van der Waals surface area contributed by atoms with Crippen molar-refractivity contribution in [3.8, 4) is 0 Å². The molecule has 1 N–H and O–H groups in total. The zero-order chi connectivity index (χ0) is 13.8. The predicted octanol–water partition coefficient (Wildman–Crippen LogP) is 3.71. The van der Waals surface area contributed by atoms with Crippen molar-refractivity contribution in [2.75, 3.05) is 0 Å². The number of aryl methyl sites for hydroxylation is 1. The summed E-state index contributed by atoms with van der Waals surface area (Å²) < 4.78 is 0. The summed E-state index contributed by atoms with van der Waals surface area (Å²) in [5, 5.41) is 3.01. The third kappa shape index (κ3) is 3.85. The largest absolute Gasteiger partial charge is 0.349 e. The number of carbonyl (C=O) groups excluding carboxylic acids is 1. The molecule has 0 saturated carbocycles. The Kier molecular flexibility index (Phi) is 4.66. The van der Waals surface area contributed by atoms with Gasteiger partial charge in [-0.2, -0.15) is 0 Å². The van der Waals surface area contributed by atoms with Crippen LogP contribution in [-0.4, -0.2) is 11.9 Å². The lowest BCUT2D eigenvalue weighted by Crippen LogP contribution is -2.34. The van der Waals surface area contributed by atoms with E-state index in [9.17, 15) is 4.79 Å². The van der Waals surface area contributed by atoms with Gasteiger partial charge in [0.15, 0.2) is 0 Å². The molecule has 2 nitrogen and oxygen atoms in total. The van der Waals surface area contributed by atoms with Gasteiger partial charge < -0.3 is 5.32 Å². The first-order valence-electron chi connectivity index (χ1n) is 6.20. The van der Waals surface area contributed by atoms with Crippen LogP contribution in [0.25, 0.3) is 0 Å². The van der Waals surface area contributed by atoms with Gasteiger partial charge in [0.05, 0.1) is 5.56 Å². The van der Waals surface area contributed by atoms with Crippen LogP contribution in [-0.2, 0) is 6.42 Å². The fraction of sp³-hybridized carbons (Fsp3) is 0.267. The fourth-order valence-corrected chi connectivity index (χ4v) is 3.20. The zero-order valence-electron chi connectivity index (χ0n) is 11.0. The van der Waals surface area contributed by atoms with Crippen molar-refractivity contribution < 1.29 is 4.79 Å². The quantitative estimate of drug-likeness (QED) is 0.826. The number of rotatable bonds is 4. The normalized spacial score (nSPS) is 12.2. The maximum atomic E-state index is 12.1. The maximum absolute atomic E-state index is 12.1. The predicted molar refractivity (Wildman–Crippen MR) is 83.4 cm³/mol. The fourth-order valence-electron chi connectivity index (χ4n) is 1.91. The molecule has 0 aliphatic heterocycles. The molecule has 2 rings (SSSR count). The number of amides is 1. The Morgan fingerprint density at radius 3 is 2.68 bits per heavy atom. The standard InChI is InChI=1S/C15H17NOS2/c1-10(9-12-8-7-11(2)19-12)16-15(17)13-5-3-4-6-14(13)18/h3-8,10,18H,9H2,1-2H3,(H,16,17). The molecule has 0 aliphatic carbocycles. The zero-order valence-corrected chi connectivity index (χ0v) is 12.7. The van der Waals surface area contributed by atoms with Crippen molar-refractivity contribution in [2.24, 2.45) is 0 Å². The van der Waals surface area contributed by atoms with E-state index >= 15 is 0 Å². The minimum absolute atomic E-state index is 0.0635. The van der Waals surface area contributed by atoms with Gasteiger partial charge in [0.1, 0.15) is 0 Å². The monoisotopic (exact) mass is 291 g/mol. The van der Waals surface area contributed by atoms with E-state index in [2.05, 4.69) is 37.0 Å². The summed E-state index contributed by atoms with van der Waals surface area (Å²) in [5.74, 6) is -0.0635. The van der Waals surface area contributed by atoms with E-state index in [0.717, 1.165) is 6.42 Å². The Bertz CT molecular complexity index is 577. The topological polar surface area (TPSA) is 29.1 Å². The van der Waals surface area contributed by atoms with E-state index in [0.29, 0.717) is 10.5 Å². The number of hydrogen-bond acceptors (Lipinski definition) is 3. The average Bonchev–Trinajstić information content (AvgIpc) is 2.74. The van der Waals surface area contributed by atoms with Gasteiger partial charge in [-0.15, -0.1) is 24.0 Å². The minimum Gasteiger partial charge on any atom is -0.349 e. The molecule has 1 aromatic carbocycles. The van der Waals surface area contributed by atoms with Crippen LogP contribution in [0.2, 0.25) is 0 Å². The first-order chi connectivity index (χ1) is 9.06. The summed E-state index contributed by atoms with van der Waals surface area (Å²) in [5.41, 5.74) is 0.625. The van der Waals surface area contributed by atoms with Crippen molar-refractivity contribution in [3.63, 3.8) is 0 Å². The molecule has 0 radical (unpaired) electrons. The summed E-state index contributed by atoms with van der Waals surface area (Å²) in [7, 11) is 0. The molecule has 1 amide bonds. The van der Waals surface area contributed by atoms with Crippen molar-refractivity contribution in [2.45, 2.75) is 31.2 Å². The number of hydrogen-bond donors (Lipinski definition) is 2. The number of thiophene rings is 1. The highest BCUT2D eigenvalue weighted by Crippen LogP contribution is 2.17. The third-order valence-corrected chi connectivity index (χ3v) is 4.24. The summed E-state index contributed by atoms with van der Waals surface area (Å²) in [6.45, 7) is 4.11. The van der Waals surface area contributed by atoms with Gasteiger partial charge in [0.25, 0.3) is 5.91 Å². The highest BCUT2D eigenvalue weighted by atomic mass is 32.1. The van der Waals surface area contributed by atoms with Crippen molar-refractivity contribution in [1.82, 2.24) is 5.32 Å². The van der Waals surface area contributed by atoms with Crippen LogP contribution in [0.5, 0.6) is 0 Å². The summed E-state index contributed by atoms with van der Waals surface area (Å²) >= 11 is 6.08. The number of benzene rings is 1. The Balaban J connectivity index is 1.97. The number of nitrogens with one attached hydrogen (secondary N) is 1. The molecule has 1 heterocycles. The number of thiol groups is 1. The van der Waals surface area contributed by atoms with E-state index in [1.165, 1.54) is 9.75 Å². The molecule has 1 unspecified atom stereocenters. The lowest BCUT2D eigenvalue weighted by Gasteiger charge is -2.13. The highest BCUT2D eigenvalue weighted by Gasteiger charge is 2.12. The minimum atomic E-state index is -0.0635. The highest BCUT2D eigenvalue weighted by molar-refractivity contribution is 7.80. The second kappa shape index (κ2) is 6.26. The first-order valence-corrected chi connectivity index (χ1v) is 7.47. The van der Waals surface area contributed by atoms with Crippen LogP contribution in [0.4, 0.5) is 0 Å². The second-order valence-electron chi connectivity index (χ2n) is 4.61. The molecule has 2 aromatic rings. The van der Waals surface area contributed by atoms with E-state index in [-0.39, 0.29) is 11.9 Å². The van der Waals surface area contributed by atoms with Gasteiger partial charge in [-0.1, -0.05) is 12.1 Å².